The van der Waals surface area contributed by atoms with Crippen LogP contribution in [0.15, 0.2) is 409 Å². The van der Waals surface area contributed by atoms with E-state index in [4.69, 9.17) is 26.5 Å². The van der Waals surface area contributed by atoms with E-state index in [0.29, 0.717) is 6.42 Å². The van der Waals surface area contributed by atoms with Gasteiger partial charge in [-0.1, -0.05) is 218 Å². The van der Waals surface area contributed by atoms with Crippen LogP contribution in [0.1, 0.15) is 27.8 Å². The summed E-state index contributed by atoms with van der Waals surface area (Å²) in [5, 5.41) is 21.7. The second-order valence-electron chi connectivity index (χ2n) is 33.6. The number of furan rings is 6. The van der Waals surface area contributed by atoms with Crippen LogP contribution in [0, 0.1) is 20.8 Å². The molecule has 26 aromatic rings. The van der Waals surface area contributed by atoms with Crippen molar-refractivity contribution in [3.05, 3.63) is 410 Å². The number of rotatable bonds is 14. The summed E-state index contributed by atoms with van der Waals surface area (Å²) < 4.78 is 40.9. The maximum Gasteiger partial charge on any atom is 0.159 e. The fraction of sp³-hybridized carbons (Fsp3) is 0.0345. The van der Waals surface area contributed by atoms with Gasteiger partial charge in [-0.05, 0) is 262 Å². The molecule has 0 saturated carbocycles. The van der Waals surface area contributed by atoms with Crippen molar-refractivity contribution in [2.24, 2.45) is 0 Å². The van der Waals surface area contributed by atoms with Crippen molar-refractivity contribution >= 4 is 243 Å². The van der Waals surface area contributed by atoms with Crippen LogP contribution < -0.4 is 19.6 Å². The summed E-state index contributed by atoms with van der Waals surface area (Å²) >= 11 is 0. The Morgan fingerprint density at radius 1 is 0.190 bits per heavy atom. The van der Waals surface area contributed by atoms with E-state index in [0.717, 1.165) is 243 Å². The van der Waals surface area contributed by atoms with Crippen molar-refractivity contribution < 1.29 is 26.5 Å². The molecule has 10 heteroatoms. The van der Waals surface area contributed by atoms with Gasteiger partial charge in [0.2, 0.25) is 0 Å². The highest BCUT2D eigenvalue weighted by atomic mass is 16.4. The van der Waals surface area contributed by atoms with E-state index in [2.05, 4.69) is 386 Å². The van der Waals surface area contributed by atoms with Gasteiger partial charge in [-0.3, -0.25) is 0 Å². The van der Waals surface area contributed by atoms with Crippen molar-refractivity contribution in [3.8, 4) is 0 Å². The second-order valence-corrected chi connectivity index (χ2v) is 33.6. The Kier molecular flexibility index (Phi) is 15.7. The Balaban J connectivity index is 0.552. The summed E-state index contributed by atoms with van der Waals surface area (Å²) in [6.07, 6.45) is 0.708. The molecule has 0 amide bonds. The van der Waals surface area contributed by atoms with E-state index >= 15 is 0 Å². The van der Waals surface area contributed by atoms with Gasteiger partial charge < -0.3 is 46.1 Å². The molecule has 0 bridgehead atoms. The minimum atomic E-state index is 0.708. The first-order valence-electron chi connectivity index (χ1n) is 42.9. The topological polar surface area (TPSA) is 91.8 Å². The molecular formula is C116H74N4O6. The molecule has 0 fully saturated rings. The van der Waals surface area contributed by atoms with Gasteiger partial charge in [-0.15, -0.1) is 0 Å². The number of para-hydroxylation sites is 8. The molecule has 126 heavy (non-hydrogen) atoms. The molecule has 0 radical (unpaired) electrons. The number of aryl methyl sites for hydroxylation is 3. The van der Waals surface area contributed by atoms with Crippen molar-refractivity contribution in [2.45, 2.75) is 27.2 Å². The van der Waals surface area contributed by atoms with Crippen LogP contribution in [0.4, 0.5) is 68.2 Å². The van der Waals surface area contributed by atoms with E-state index in [9.17, 15) is 0 Å². The lowest BCUT2D eigenvalue weighted by Crippen LogP contribution is -2.11. The molecule has 20 aromatic carbocycles. The zero-order chi connectivity index (χ0) is 83.1. The number of nitrogens with zero attached hydrogens (tertiary/aromatic N) is 4. The maximum absolute atomic E-state index is 6.92. The molecule has 0 atom stereocenters. The Hall–Kier alpha value is -16.6. The molecule has 6 aromatic heterocycles. The lowest BCUT2D eigenvalue weighted by molar-refractivity contribution is 0.668. The van der Waals surface area contributed by atoms with Crippen molar-refractivity contribution in [1.82, 2.24) is 0 Å². The fourth-order valence-electron chi connectivity index (χ4n) is 20.2. The Labute approximate surface area is 721 Å². The third-order valence-corrected chi connectivity index (χ3v) is 26.1. The van der Waals surface area contributed by atoms with Crippen LogP contribution in [0.25, 0.3) is 175 Å². The zero-order valence-electron chi connectivity index (χ0n) is 68.8. The average molecular weight is 1620 g/mol. The minimum absolute atomic E-state index is 0.708. The molecule has 0 aliphatic rings. The van der Waals surface area contributed by atoms with Gasteiger partial charge in [0.15, 0.2) is 22.3 Å². The van der Waals surface area contributed by atoms with Gasteiger partial charge in [-0.25, -0.2) is 0 Å². The molecule has 6 heterocycles. The van der Waals surface area contributed by atoms with Gasteiger partial charge in [0.05, 0.1) is 22.7 Å². The first kappa shape index (κ1) is 71.2. The van der Waals surface area contributed by atoms with Crippen molar-refractivity contribution in [3.63, 3.8) is 0 Å². The highest BCUT2D eigenvalue weighted by Gasteiger charge is 2.28. The molecule has 10 nitrogen and oxygen atoms in total. The minimum Gasteiger partial charge on any atom is -0.456 e. The van der Waals surface area contributed by atoms with Gasteiger partial charge in [0.1, 0.15) is 44.7 Å². The SMILES string of the molecule is Cc1ccc(N(c2ccc3c(ccc4oc5ccc6cc(N(c7ccc(Cc8ccc(N(c9ccc%10c(ccc%11oc%12ccc%13cc(N(c%14cccc(C)c%14)c%14cccc%15c%14oc%14ccccc%14%15)ccc%13c%12c%11%10)c9)c9cccc%10c9oc9ccccc9%10)cc8C)cc7)c7cccc8c7oc7ccccc78)ccc6c5c43)c2)c2cccc3c2oc2ccccc23)cc1. The summed E-state index contributed by atoms with van der Waals surface area (Å²) in [4.78, 5) is 9.36. The monoisotopic (exact) mass is 1620 g/mol. The summed E-state index contributed by atoms with van der Waals surface area (Å²) in [6.45, 7) is 6.51. The Morgan fingerprint density at radius 3 is 0.833 bits per heavy atom. The number of fused-ring (bicyclic) bond motifs is 26. The van der Waals surface area contributed by atoms with Gasteiger partial charge in [-0.2, -0.15) is 0 Å². The highest BCUT2D eigenvalue weighted by molar-refractivity contribution is 6.29. The second kappa shape index (κ2) is 27.7. The third-order valence-electron chi connectivity index (χ3n) is 26.1. The highest BCUT2D eigenvalue weighted by Crippen LogP contribution is 2.52. The molecule has 594 valence electrons. The molecule has 0 aliphatic carbocycles. The molecule has 26 rings (SSSR count). The summed E-state index contributed by atoms with van der Waals surface area (Å²) in [5.74, 6) is 0. The molecule has 0 saturated heterocycles. The number of hydrogen-bond donors (Lipinski definition) is 0. The molecule has 0 spiro atoms. The van der Waals surface area contributed by atoms with Gasteiger partial charge in [0, 0.05) is 110 Å². The fourth-order valence-corrected chi connectivity index (χ4v) is 20.2. The lowest BCUT2D eigenvalue weighted by Gasteiger charge is -2.27. The molecular weight excluding hydrogens is 1550 g/mol. The zero-order valence-corrected chi connectivity index (χ0v) is 68.8. The van der Waals surface area contributed by atoms with Gasteiger partial charge in [0.25, 0.3) is 0 Å². The van der Waals surface area contributed by atoms with Crippen LogP contribution in [-0.4, -0.2) is 0 Å². The predicted molar refractivity (Wildman–Crippen MR) is 522 cm³/mol. The first-order valence-corrected chi connectivity index (χ1v) is 42.9. The Bertz CT molecular complexity index is 9050. The molecule has 0 aliphatic heterocycles. The van der Waals surface area contributed by atoms with Crippen LogP contribution >= 0.6 is 0 Å². The van der Waals surface area contributed by atoms with Crippen molar-refractivity contribution in [1.29, 1.82) is 0 Å². The van der Waals surface area contributed by atoms with E-state index in [-0.39, 0.29) is 0 Å². The van der Waals surface area contributed by atoms with Crippen LogP contribution in [0.5, 0.6) is 0 Å². The standard InChI is InChI=1S/C116H74N4O6/c1-68-35-44-77(45-36-68)117(97-27-13-23-93-89-19-4-8-31-101(89)123-113(93)97)81-49-53-85-73(64-81)40-57-105-109(85)110-86-54-50-82(65-74(86)41-58-106(110)121-105)118(98-28-14-24-94-90-20-5-9-32-102(90)124-114(94)98)78-46-37-71(38-47-78)63-72-39-48-80(62-70(72)3)120(100-30-16-26-96-92-22-7-11-34-104(92)126-116(96)100)84-52-56-88-76(67-84)43-60-108-112(88)111-87-55-51-83(66-75(87)42-59-107(111)122-108)119(79-18-12-17-69(2)61-79)99-29-15-25-95-91-21-6-10-33-103(91)125-115(95)99/h4-62,64-67H,63H2,1-3H3. The number of anilines is 12. The van der Waals surface area contributed by atoms with E-state index in [1.165, 1.54) is 27.8 Å². The van der Waals surface area contributed by atoms with Crippen LogP contribution in [0.3, 0.4) is 0 Å². The van der Waals surface area contributed by atoms with E-state index < -0.39 is 0 Å². The van der Waals surface area contributed by atoms with Gasteiger partial charge >= 0.3 is 0 Å². The van der Waals surface area contributed by atoms with Crippen LogP contribution in [0.2, 0.25) is 0 Å². The lowest BCUT2D eigenvalue weighted by atomic mass is 9.97. The largest absolute Gasteiger partial charge is 0.456 e. The molecule has 0 N–H and O–H groups in total. The van der Waals surface area contributed by atoms with E-state index in [1.54, 1.807) is 0 Å². The molecule has 0 unspecified atom stereocenters. The summed E-state index contributed by atoms with van der Waals surface area (Å²) in [6, 6.07) is 137. The number of benzene rings is 20. The predicted octanol–water partition coefficient (Wildman–Crippen LogP) is 34.1. The Morgan fingerprint density at radius 2 is 0.484 bits per heavy atom. The number of hydrogen-bond acceptors (Lipinski definition) is 10. The maximum atomic E-state index is 6.92. The van der Waals surface area contributed by atoms with Crippen LogP contribution in [-0.2, 0) is 6.42 Å². The summed E-state index contributed by atoms with van der Waals surface area (Å²) in [7, 11) is 0. The quantitative estimate of drug-likeness (QED) is 0.105. The first-order chi connectivity index (χ1) is 62.1. The summed E-state index contributed by atoms with van der Waals surface area (Å²) in [5.41, 5.74) is 27.9. The van der Waals surface area contributed by atoms with Crippen molar-refractivity contribution in [2.75, 3.05) is 19.6 Å². The average Bonchev–Trinajstić information content (AvgIpc) is 1.54. The third kappa shape index (κ3) is 11.1. The van der Waals surface area contributed by atoms with E-state index in [1.807, 2.05) is 36.4 Å². The normalized spacial score (nSPS) is 12.1. The smallest absolute Gasteiger partial charge is 0.159 e.